The average Bonchev–Trinajstić information content (AvgIpc) is 3.48. The first-order valence-electron chi connectivity index (χ1n) is 9.76. The van der Waals surface area contributed by atoms with E-state index in [2.05, 4.69) is 5.32 Å². The molecule has 152 valence electrons. The highest BCUT2D eigenvalue weighted by Gasteiger charge is 2.31. The quantitative estimate of drug-likeness (QED) is 0.835. The number of rotatable bonds is 4. The molecule has 0 aliphatic carbocycles. The number of benzene rings is 1. The lowest BCUT2D eigenvalue weighted by atomic mass is 10.1. The van der Waals surface area contributed by atoms with Crippen LogP contribution >= 0.6 is 11.3 Å². The van der Waals surface area contributed by atoms with E-state index in [0.717, 1.165) is 12.8 Å². The number of amides is 3. The van der Waals surface area contributed by atoms with Gasteiger partial charge in [-0.3, -0.25) is 14.4 Å². The second-order valence-corrected chi connectivity index (χ2v) is 8.08. The molecule has 0 spiro atoms. The Labute approximate surface area is 173 Å². The van der Waals surface area contributed by atoms with Gasteiger partial charge < -0.3 is 19.9 Å². The Bertz CT molecular complexity index is 868. The van der Waals surface area contributed by atoms with Crippen LogP contribution < -0.4 is 5.32 Å². The van der Waals surface area contributed by atoms with Crippen LogP contribution in [-0.4, -0.2) is 66.4 Å². The van der Waals surface area contributed by atoms with E-state index in [0.29, 0.717) is 48.9 Å². The van der Waals surface area contributed by atoms with Gasteiger partial charge in [-0.1, -0.05) is 6.07 Å². The van der Waals surface area contributed by atoms with Crippen molar-refractivity contribution in [1.29, 1.82) is 0 Å². The molecule has 2 aliphatic heterocycles. The maximum absolute atomic E-state index is 12.8. The van der Waals surface area contributed by atoms with E-state index in [9.17, 15) is 14.4 Å². The summed E-state index contributed by atoms with van der Waals surface area (Å²) in [6.45, 7) is 2.72. The van der Waals surface area contributed by atoms with Crippen LogP contribution in [0.5, 0.6) is 0 Å². The highest BCUT2D eigenvalue weighted by molar-refractivity contribution is 7.12. The fourth-order valence-corrected chi connectivity index (χ4v) is 4.20. The van der Waals surface area contributed by atoms with Crippen molar-refractivity contribution in [1.82, 2.24) is 9.80 Å². The summed E-state index contributed by atoms with van der Waals surface area (Å²) in [5, 5.41) is 4.68. The summed E-state index contributed by atoms with van der Waals surface area (Å²) >= 11 is 1.38. The molecule has 0 unspecified atom stereocenters. The second-order valence-electron chi connectivity index (χ2n) is 7.13. The van der Waals surface area contributed by atoms with Crippen molar-refractivity contribution < 1.29 is 19.1 Å². The molecule has 2 aromatic rings. The van der Waals surface area contributed by atoms with Crippen molar-refractivity contribution in [3.8, 4) is 0 Å². The van der Waals surface area contributed by atoms with E-state index < -0.39 is 0 Å². The van der Waals surface area contributed by atoms with Crippen LogP contribution in [0.15, 0.2) is 41.8 Å². The van der Waals surface area contributed by atoms with Crippen LogP contribution in [0.3, 0.4) is 0 Å². The zero-order valence-corrected chi connectivity index (χ0v) is 16.8. The SMILES string of the molecule is O=C(Nc1ccc(C(=O)N2CCN(C(=O)[C@@H]3CCCO3)CC2)cc1)c1cccs1. The molecule has 2 aliphatic rings. The smallest absolute Gasteiger partial charge is 0.265 e. The monoisotopic (exact) mass is 413 g/mol. The van der Waals surface area contributed by atoms with Crippen molar-refractivity contribution in [3.63, 3.8) is 0 Å². The molecule has 2 fully saturated rings. The van der Waals surface area contributed by atoms with Gasteiger partial charge in [-0.05, 0) is 48.6 Å². The van der Waals surface area contributed by atoms with Gasteiger partial charge in [-0.15, -0.1) is 11.3 Å². The third-order valence-corrected chi connectivity index (χ3v) is 6.09. The lowest BCUT2D eigenvalue weighted by molar-refractivity contribution is -0.142. The molecular weight excluding hydrogens is 390 g/mol. The lowest BCUT2D eigenvalue weighted by Gasteiger charge is -2.35. The molecule has 1 N–H and O–H groups in total. The van der Waals surface area contributed by atoms with E-state index in [1.165, 1.54) is 11.3 Å². The Hall–Kier alpha value is -2.71. The standard InChI is InChI=1S/C21H23N3O4S/c25-19(18-4-2-14-29-18)22-16-7-5-15(6-8-16)20(26)23-9-11-24(12-10-23)21(27)17-3-1-13-28-17/h2,4-8,14,17H,1,3,9-13H2,(H,22,25)/t17-/m0/s1. The number of carbonyl (C=O) groups excluding carboxylic acids is 3. The van der Waals surface area contributed by atoms with Gasteiger partial charge in [0.1, 0.15) is 6.10 Å². The Kier molecular flexibility index (Phi) is 5.92. The number of anilines is 1. The molecule has 1 aromatic heterocycles. The third kappa shape index (κ3) is 4.49. The van der Waals surface area contributed by atoms with Crippen molar-refractivity contribution >= 4 is 34.7 Å². The van der Waals surface area contributed by atoms with Crippen LogP contribution in [0.4, 0.5) is 5.69 Å². The van der Waals surface area contributed by atoms with Crippen LogP contribution in [0.25, 0.3) is 0 Å². The minimum Gasteiger partial charge on any atom is -0.368 e. The van der Waals surface area contributed by atoms with Crippen LogP contribution in [0.1, 0.15) is 32.9 Å². The number of hydrogen-bond acceptors (Lipinski definition) is 5. The number of ether oxygens (including phenoxy) is 1. The molecule has 0 bridgehead atoms. The van der Waals surface area contributed by atoms with Gasteiger partial charge in [0.2, 0.25) is 0 Å². The Morgan fingerprint density at radius 3 is 2.34 bits per heavy atom. The topological polar surface area (TPSA) is 79.0 Å². The average molecular weight is 413 g/mol. The van der Waals surface area contributed by atoms with E-state index in [-0.39, 0.29) is 23.8 Å². The van der Waals surface area contributed by atoms with Gasteiger partial charge in [0.15, 0.2) is 0 Å². The molecule has 1 aromatic carbocycles. The van der Waals surface area contributed by atoms with E-state index in [1.54, 1.807) is 40.1 Å². The molecule has 1 atom stereocenters. The van der Waals surface area contributed by atoms with Gasteiger partial charge >= 0.3 is 0 Å². The predicted octanol–water partition coefficient (Wildman–Crippen LogP) is 2.46. The number of thiophene rings is 1. The van der Waals surface area contributed by atoms with Gasteiger partial charge in [0.05, 0.1) is 4.88 Å². The zero-order chi connectivity index (χ0) is 20.2. The molecule has 8 heteroatoms. The van der Waals surface area contributed by atoms with Crippen molar-refractivity contribution in [2.24, 2.45) is 0 Å². The number of piperazine rings is 1. The minimum absolute atomic E-state index is 0.0421. The Morgan fingerprint density at radius 1 is 1.00 bits per heavy atom. The molecular formula is C21H23N3O4S. The first-order valence-corrected chi connectivity index (χ1v) is 10.6. The number of nitrogens with one attached hydrogen (secondary N) is 1. The third-order valence-electron chi connectivity index (χ3n) is 5.22. The number of nitrogens with zero attached hydrogens (tertiary/aromatic N) is 2. The summed E-state index contributed by atoms with van der Waals surface area (Å²) in [5.74, 6) is -0.183. The first kappa shape index (κ1) is 19.6. The zero-order valence-electron chi connectivity index (χ0n) is 16.0. The molecule has 0 saturated carbocycles. The molecule has 2 saturated heterocycles. The lowest BCUT2D eigenvalue weighted by Crippen LogP contribution is -2.52. The van der Waals surface area contributed by atoms with Gasteiger partial charge in [-0.2, -0.15) is 0 Å². The largest absolute Gasteiger partial charge is 0.368 e. The maximum Gasteiger partial charge on any atom is 0.265 e. The second kappa shape index (κ2) is 8.75. The fourth-order valence-electron chi connectivity index (χ4n) is 3.59. The van der Waals surface area contributed by atoms with Crippen LogP contribution in [0.2, 0.25) is 0 Å². The minimum atomic E-state index is -0.311. The molecule has 29 heavy (non-hydrogen) atoms. The Balaban J connectivity index is 1.30. The van der Waals surface area contributed by atoms with Gasteiger partial charge in [-0.25, -0.2) is 0 Å². The normalized spacial score (nSPS) is 19.2. The summed E-state index contributed by atoms with van der Waals surface area (Å²) < 4.78 is 5.47. The van der Waals surface area contributed by atoms with Crippen molar-refractivity contribution in [3.05, 3.63) is 52.2 Å². The summed E-state index contributed by atoms with van der Waals surface area (Å²) in [6.07, 6.45) is 1.40. The molecule has 3 heterocycles. The predicted molar refractivity (Wildman–Crippen MR) is 110 cm³/mol. The van der Waals surface area contributed by atoms with E-state index in [1.807, 2.05) is 11.4 Å². The van der Waals surface area contributed by atoms with Crippen LogP contribution in [-0.2, 0) is 9.53 Å². The highest BCUT2D eigenvalue weighted by atomic mass is 32.1. The highest BCUT2D eigenvalue weighted by Crippen LogP contribution is 2.18. The maximum atomic E-state index is 12.8. The Morgan fingerprint density at radius 2 is 1.72 bits per heavy atom. The van der Waals surface area contributed by atoms with E-state index in [4.69, 9.17) is 4.74 Å². The fraction of sp³-hybridized carbons (Fsp3) is 0.381. The molecule has 3 amide bonds. The molecule has 4 rings (SSSR count). The number of carbonyl (C=O) groups is 3. The summed E-state index contributed by atoms with van der Waals surface area (Å²) in [4.78, 5) is 41.5. The van der Waals surface area contributed by atoms with Crippen molar-refractivity contribution in [2.45, 2.75) is 18.9 Å². The first-order chi connectivity index (χ1) is 14.1. The van der Waals surface area contributed by atoms with E-state index >= 15 is 0 Å². The van der Waals surface area contributed by atoms with Gasteiger partial charge in [0, 0.05) is 44.0 Å². The molecule has 0 radical (unpaired) electrons. The summed E-state index contributed by atoms with van der Waals surface area (Å²) in [6, 6.07) is 10.5. The summed E-state index contributed by atoms with van der Waals surface area (Å²) in [7, 11) is 0. The summed E-state index contributed by atoms with van der Waals surface area (Å²) in [5.41, 5.74) is 1.21. The van der Waals surface area contributed by atoms with Crippen LogP contribution in [0, 0.1) is 0 Å². The van der Waals surface area contributed by atoms with Crippen molar-refractivity contribution in [2.75, 3.05) is 38.1 Å². The molecule has 7 nitrogen and oxygen atoms in total. The van der Waals surface area contributed by atoms with Gasteiger partial charge in [0.25, 0.3) is 17.7 Å². The number of hydrogen-bond donors (Lipinski definition) is 1.